The minimum Gasteiger partial charge on any atom is -0.458 e. The van der Waals surface area contributed by atoms with Crippen molar-refractivity contribution in [3.8, 4) is 0 Å². The van der Waals surface area contributed by atoms with E-state index in [1.54, 1.807) is 74.2 Å². The average Bonchev–Trinajstić information content (AvgIpc) is 1.59. The first-order valence-corrected chi connectivity index (χ1v) is 37.0. The number of aliphatic hydroxyl groups excluding tert-OH is 6. The Balaban J connectivity index is 0.673. The molecule has 0 unspecified atom stereocenters. The van der Waals surface area contributed by atoms with Gasteiger partial charge in [0.2, 0.25) is 0 Å². The lowest BCUT2D eigenvalue weighted by molar-refractivity contribution is -0.373. The second-order valence-corrected chi connectivity index (χ2v) is 31.0. The van der Waals surface area contributed by atoms with Gasteiger partial charge in [-0.15, -0.1) is 0 Å². The molecule has 11 rings (SSSR count). The molecule has 4 aliphatic carbocycles. The van der Waals surface area contributed by atoms with Crippen molar-refractivity contribution in [1.82, 2.24) is 0 Å². The van der Waals surface area contributed by atoms with Gasteiger partial charge in [-0.05, 0) is 99.1 Å². The molecule has 0 radical (unpaired) electrons. The van der Waals surface area contributed by atoms with Crippen LogP contribution in [0.3, 0.4) is 0 Å². The Morgan fingerprint density at radius 3 is 1.65 bits per heavy atom. The van der Waals surface area contributed by atoms with Gasteiger partial charge < -0.3 is 136 Å². The van der Waals surface area contributed by atoms with E-state index in [0.29, 0.717) is 18.4 Å². The number of rotatable bonds is 23. The van der Waals surface area contributed by atoms with Crippen LogP contribution in [0.4, 0.5) is 0 Å². The molecule has 30 heteroatoms. The summed E-state index contributed by atoms with van der Waals surface area (Å²) in [6, 6.07) is 9.15. The SMILES string of the molecule is C/C=C(\C)C(=O)O[C@@H](C)[C@]1(O)CC[C@@]2(O)[C@]1(C)[C@H](OC(=O)/C=C/c1ccccc1)C[C@H]1[C@@]2(O)C=C[C@@]2(O)C[C@@H](O[C@H]3C[C@H](OC)[C@H](O[C@H]4C[C@H](OC)[C@H](O[C@H]5C[C@@H](OC)[C@H](O[C@H]6C[C@@H](O)[C@H](O[C@@H]7O[C@H](C)[C@@H](O[C@@H]8O[C@H](CO)[C@@H](O)[C@H](O)[C@H]8O)[C@@H](OC)[C@H]7O)[C@@H](C)O6)[C@@H](C)O5)[C@@H](C)O4)[C@@H](C)O3)CC[C@]12C. The lowest BCUT2D eigenvalue weighted by Gasteiger charge is -2.68. The molecule has 9 fully saturated rings. The zero-order chi connectivity index (χ0) is 76.2. The first kappa shape index (κ1) is 82.3. The van der Waals surface area contributed by atoms with Gasteiger partial charge in [0.15, 0.2) is 37.7 Å². The molecule has 10 aliphatic rings. The van der Waals surface area contributed by atoms with E-state index in [-0.39, 0.29) is 51.4 Å². The Bertz CT molecular complexity index is 3150. The zero-order valence-corrected chi connectivity index (χ0v) is 62.5. The third-order valence-corrected chi connectivity index (χ3v) is 25.1. The molecular weight excluding hydrogens is 1380 g/mol. The fourth-order valence-corrected chi connectivity index (χ4v) is 18.6. The standard InChI is InChI=1S/C75H114O30/c1-15-36(2)67(83)97-42(8)73(85)27-28-75(87)71(73,10)51(100-52(78)22-21-43-19-17-16-18-20-43)33-50-70(9)24-23-44(34-72(70,84)25-26-74(50,75)86)98-54-30-46(88-11)63(38(4)93-54)102-56-32-48(90-13)64(40(6)95-56)103-55-31-47(89-12)62(39(5)94-55)101-53-29-45(77)61(37(3)92-53)104-69-60(82)66(91-14)65(41(7)96-69)105-68-59(81)58(80)57(79)49(35-76)99-68/h15-22,25-26,37-42,44-51,53-66,68-69,76-77,79-82,84-87H,23-24,27-35H2,1-14H3/b22-21+,36-15+/t37-,38-,39-,40-,41-,42+,44+,45-,46+,47-,48+,49-,50-,51-,53+,54+,55+,56+,57-,58+,59-,60-,61-,62-,63-,64-,65-,66+,68+,69+,70-,71-,72-,73-,74+,75-/m1/s1. The summed E-state index contributed by atoms with van der Waals surface area (Å²) in [6.07, 6.45) is -19.9. The molecule has 0 amide bonds. The third-order valence-electron chi connectivity index (χ3n) is 25.1. The highest BCUT2D eigenvalue weighted by Crippen LogP contribution is 2.72. The highest BCUT2D eigenvalue weighted by atomic mass is 16.8. The van der Waals surface area contributed by atoms with Gasteiger partial charge >= 0.3 is 11.9 Å². The fourth-order valence-electron chi connectivity index (χ4n) is 18.6. The first-order chi connectivity index (χ1) is 49.7. The van der Waals surface area contributed by atoms with Gasteiger partial charge in [0.05, 0.1) is 78.7 Å². The summed E-state index contributed by atoms with van der Waals surface area (Å²) in [5, 5.41) is 117. The van der Waals surface area contributed by atoms with Crippen molar-refractivity contribution in [2.24, 2.45) is 16.7 Å². The fraction of sp³-hybridized carbons (Fsp3) is 0.813. The summed E-state index contributed by atoms with van der Waals surface area (Å²) >= 11 is 0. The molecule has 594 valence electrons. The van der Waals surface area contributed by atoms with E-state index in [9.17, 15) is 60.7 Å². The molecule has 1 aromatic carbocycles. The molecule has 3 saturated carbocycles. The zero-order valence-electron chi connectivity index (χ0n) is 62.5. The van der Waals surface area contributed by atoms with Gasteiger partial charge in [-0.25, -0.2) is 9.59 Å². The van der Waals surface area contributed by atoms with Crippen molar-refractivity contribution in [2.45, 2.75) is 334 Å². The Morgan fingerprint density at radius 1 is 0.590 bits per heavy atom. The molecule has 0 bridgehead atoms. The number of aliphatic hydroxyl groups is 10. The van der Waals surface area contributed by atoms with Crippen LogP contribution in [0.2, 0.25) is 0 Å². The van der Waals surface area contributed by atoms with Crippen LogP contribution in [0.1, 0.15) is 139 Å². The summed E-state index contributed by atoms with van der Waals surface area (Å²) < 4.78 is 112. The van der Waals surface area contributed by atoms with Crippen LogP contribution in [0, 0.1) is 16.7 Å². The number of ether oxygens (including phenoxy) is 18. The summed E-state index contributed by atoms with van der Waals surface area (Å²) in [5.41, 5.74) is -9.83. The molecule has 0 aromatic heterocycles. The quantitative estimate of drug-likeness (QED) is 0.0426. The van der Waals surface area contributed by atoms with Gasteiger partial charge in [0.25, 0.3) is 0 Å². The topological polar surface area (TPSA) is 403 Å². The van der Waals surface area contributed by atoms with Gasteiger partial charge in [0, 0.05) is 83.5 Å². The lowest BCUT2D eigenvalue weighted by atomic mass is 9.41. The third kappa shape index (κ3) is 15.5. The number of fused-ring (bicyclic) bond motifs is 5. The first-order valence-electron chi connectivity index (χ1n) is 37.0. The van der Waals surface area contributed by atoms with E-state index in [4.69, 9.17) is 85.3 Å². The van der Waals surface area contributed by atoms with Crippen LogP contribution in [-0.4, -0.2) is 299 Å². The van der Waals surface area contributed by atoms with Gasteiger partial charge in [0.1, 0.15) is 96.2 Å². The van der Waals surface area contributed by atoms with E-state index >= 15 is 0 Å². The van der Waals surface area contributed by atoms with E-state index in [1.165, 1.54) is 26.2 Å². The molecule has 6 aliphatic heterocycles. The summed E-state index contributed by atoms with van der Waals surface area (Å²) in [6.45, 7) is 16.4. The molecule has 105 heavy (non-hydrogen) atoms. The van der Waals surface area contributed by atoms with Crippen LogP contribution in [0.25, 0.3) is 6.08 Å². The van der Waals surface area contributed by atoms with Gasteiger partial charge in [-0.3, -0.25) is 0 Å². The van der Waals surface area contributed by atoms with Crippen LogP contribution in [0.5, 0.6) is 0 Å². The number of methoxy groups -OCH3 is 4. The van der Waals surface area contributed by atoms with Crippen molar-refractivity contribution in [2.75, 3.05) is 35.0 Å². The summed E-state index contributed by atoms with van der Waals surface area (Å²) in [4.78, 5) is 27.2. The maximum Gasteiger partial charge on any atom is 0.333 e. The molecule has 30 nitrogen and oxygen atoms in total. The molecule has 1 aromatic rings. The lowest BCUT2D eigenvalue weighted by Crippen LogP contribution is -2.80. The molecule has 6 saturated heterocycles. The highest BCUT2D eigenvalue weighted by molar-refractivity contribution is 5.88. The van der Waals surface area contributed by atoms with Crippen LogP contribution in [0.15, 0.2) is 60.2 Å². The summed E-state index contributed by atoms with van der Waals surface area (Å²) in [7, 11) is 6.04. The van der Waals surface area contributed by atoms with Crippen LogP contribution in [-0.2, 0) is 94.9 Å². The van der Waals surface area contributed by atoms with Gasteiger partial charge in [-0.2, -0.15) is 0 Å². The normalized spacial score (nSPS) is 49.1. The number of esters is 2. The van der Waals surface area contributed by atoms with E-state index < -0.39 is 236 Å². The number of carbonyl (C=O) groups excluding carboxylic acids is 2. The molecular formula is C75H114O30. The molecule has 10 N–H and O–H groups in total. The average molecular weight is 1500 g/mol. The van der Waals surface area contributed by atoms with Crippen LogP contribution < -0.4 is 0 Å². The van der Waals surface area contributed by atoms with Crippen molar-refractivity contribution in [1.29, 1.82) is 0 Å². The molecule has 6 heterocycles. The van der Waals surface area contributed by atoms with Crippen molar-refractivity contribution in [3.05, 3.63) is 65.8 Å². The smallest absolute Gasteiger partial charge is 0.333 e. The number of allylic oxidation sites excluding steroid dienone is 1. The number of hydrogen-bond donors (Lipinski definition) is 10. The Kier molecular flexibility index (Phi) is 25.8. The van der Waals surface area contributed by atoms with Gasteiger partial charge in [-0.1, -0.05) is 62.4 Å². The Morgan fingerprint density at radius 2 is 1.11 bits per heavy atom. The van der Waals surface area contributed by atoms with Crippen LogP contribution >= 0.6 is 0 Å². The highest BCUT2D eigenvalue weighted by Gasteiger charge is 2.82. The van der Waals surface area contributed by atoms with Crippen molar-refractivity contribution < 1.29 is 146 Å². The maximum atomic E-state index is 14.0. The largest absolute Gasteiger partial charge is 0.458 e. The van der Waals surface area contributed by atoms with E-state index in [0.717, 1.165) is 5.56 Å². The summed E-state index contributed by atoms with van der Waals surface area (Å²) in [5.74, 6) is -2.36. The van der Waals surface area contributed by atoms with Crippen molar-refractivity contribution in [3.63, 3.8) is 0 Å². The minimum atomic E-state index is -2.18. The number of carbonyl (C=O) groups is 2. The number of hydrogen-bond acceptors (Lipinski definition) is 30. The maximum absolute atomic E-state index is 14.0. The monoisotopic (exact) mass is 1490 g/mol. The molecule has 36 atom stereocenters. The van der Waals surface area contributed by atoms with Crippen molar-refractivity contribution >= 4 is 18.0 Å². The minimum absolute atomic E-state index is 0.0488. The second-order valence-electron chi connectivity index (χ2n) is 31.0. The van der Waals surface area contributed by atoms with E-state index in [2.05, 4.69) is 0 Å². The predicted octanol–water partition coefficient (Wildman–Crippen LogP) is 2.19. The Labute approximate surface area is 613 Å². The second kappa shape index (κ2) is 33.0. The Hall–Kier alpha value is -3.66. The predicted molar refractivity (Wildman–Crippen MR) is 365 cm³/mol. The number of benzene rings is 1. The molecule has 0 spiro atoms. The van der Waals surface area contributed by atoms with E-state index in [1.807, 2.05) is 58.0 Å².